The molecule has 1 aliphatic heterocycles. The third-order valence-electron chi connectivity index (χ3n) is 4.53. The molecule has 0 bridgehead atoms. The molecule has 1 unspecified atom stereocenters. The summed E-state index contributed by atoms with van der Waals surface area (Å²) >= 11 is 0. The molecule has 2 N–H and O–H groups in total. The minimum atomic E-state index is 0.126. The Labute approximate surface area is 122 Å². The van der Waals surface area contributed by atoms with Crippen LogP contribution in [0.2, 0.25) is 0 Å². The molecule has 1 aromatic carbocycles. The van der Waals surface area contributed by atoms with Gasteiger partial charge in [-0.2, -0.15) is 0 Å². The molecule has 0 saturated carbocycles. The van der Waals surface area contributed by atoms with Gasteiger partial charge in [-0.3, -0.25) is 4.79 Å². The standard InChI is InChI=1S/C17H26N2O/c1-12(2)14-5-4-9-19(10-8-14)17(20)15-7-6-13(3)16(18)11-15/h6-7,11-12,14H,4-5,8-10,18H2,1-3H3. The Kier molecular flexibility index (Phi) is 4.69. The van der Waals surface area contributed by atoms with Gasteiger partial charge in [-0.1, -0.05) is 19.9 Å². The molecule has 1 amide bonds. The lowest BCUT2D eigenvalue weighted by Crippen LogP contribution is -2.32. The predicted molar refractivity (Wildman–Crippen MR) is 83.7 cm³/mol. The fraction of sp³-hybridized carbons (Fsp3) is 0.588. The average molecular weight is 274 g/mol. The van der Waals surface area contributed by atoms with E-state index < -0.39 is 0 Å². The van der Waals surface area contributed by atoms with Gasteiger partial charge in [0.05, 0.1) is 0 Å². The zero-order valence-corrected chi connectivity index (χ0v) is 12.9. The fourth-order valence-corrected chi connectivity index (χ4v) is 2.95. The second-order valence-corrected chi connectivity index (χ2v) is 6.30. The number of likely N-dealkylation sites (tertiary alicyclic amines) is 1. The van der Waals surface area contributed by atoms with Crippen LogP contribution in [0.15, 0.2) is 18.2 Å². The molecule has 1 saturated heterocycles. The Hall–Kier alpha value is -1.51. The van der Waals surface area contributed by atoms with Crippen LogP contribution in [0.25, 0.3) is 0 Å². The van der Waals surface area contributed by atoms with E-state index >= 15 is 0 Å². The highest BCUT2D eigenvalue weighted by Gasteiger charge is 2.23. The number of nitrogen functional groups attached to an aromatic ring is 1. The lowest BCUT2D eigenvalue weighted by atomic mass is 9.89. The molecule has 2 rings (SSSR count). The maximum atomic E-state index is 12.6. The molecule has 3 nitrogen and oxygen atoms in total. The molecule has 110 valence electrons. The van der Waals surface area contributed by atoms with Gasteiger partial charge in [-0.05, 0) is 55.7 Å². The van der Waals surface area contributed by atoms with Crippen molar-refractivity contribution in [2.45, 2.75) is 40.0 Å². The number of carbonyl (C=O) groups excluding carboxylic acids is 1. The first kappa shape index (κ1) is 14.9. The number of anilines is 1. The van der Waals surface area contributed by atoms with Crippen molar-refractivity contribution in [3.8, 4) is 0 Å². The highest BCUT2D eigenvalue weighted by Crippen LogP contribution is 2.25. The van der Waals surface area contributed by atoms with Crippen LogP contribution in [0.5, 0.6) is 0 Å². The van der Waals surface area contributed by atoms with E-state index in [-0.39, 0.29) is 5.91 Å². The molecular formula is C17H26N2O. The zero-order chi connectivity index (χ0) is 14.7. The van der Waals surface area contributed by atoms with Crippen LogP contribution in [0.1, 0.15) is 49.0 Å². The van der Waals surface area contributed by atoms with Crippen LogP contribution in [-0.2, 0) is 0 Å². The Bertz CT molecular complexity index is 482. The normalized spacial score (nSPS) is 20.0. The minimum absolute atomic E-state index is 0.126. The van der Waals surface area contributed by atoms with E-state index in [0.717, 1.165) is 43.0 Å². The predicted octanol–water partition coefficient (Wildman–Crippen LogP) is 3.48. The van der Waals surface area contributed by atoms with Crippen LogP contribution in [0.4, 0.5) is 5.69 Å². The van der Waals surface area contributed by atoms with E-state index in [1.165, 1.54) is 6.42 Å². The van der Waals surface area contributed by atoms with E-state index in [1.807, 2.05) is 30.0 Å². The van der Waals surface area contributed by atoms with Gasteiger partial charge >= 0.3 is 0 Å². The Morgan fingerprint density at radius 2 is 2.05 bits per heavy atom. The molecule has 0 spiro atoms. The third-order valence-corrected chi connectivity index (χ3v) is 4.53. The van der Waals surface area contributed by atoms with Crippen molar-refractivity contribution in [1.82, 2.24) is 4.90 Å². The van der Waals surface area contributed by atoms with E-state index in [0.29, 0.717) is 11.6 Å². The molecule has 1 fully saturated rings. The molecule has 1 aromatic rings. The average Bonchev–Trinajstić information content (AvgIpc) is 2.67. The van der Waals surface area contributed by atoms with Crippen LogP contribution in [0.3, 0.4) is 0 Å². The second kappa shape index (κ2) is 6.29. The van der Waals surface area contributed by atoms with Crippen molar-refractivity contribution in [3.63, 3.8) is 0 Å². The number of hydrogen-bond donors (Lipinski definition) is 1. The fourth-order valence-electron chi connectivity index (χ4n) is 2.95. The first-order valence-corrected chi connectivity index (χ1v) is 7.64. The molecule has 3 heteroatoms. The molecule has 0 radical (unpaired) electrons. The maximum Gasteiger partial charge on any atom is 0.253 e. The monoisotopic (exact) mass is 274 g/mol. The Morgan fingerprint density at radius 3 is 2.70 bits per heavy atom. The summed E-state index contributed by atoms with van der Waals surface area (Å²) in [5.41, 5.74) is 8.35. The summed E-state index contributed by atoms with van der Waals surface area (Å²) < 4.78 is 0. The van der Waals surface area contributed by atoms with Gasteiger partial charge in [-0.15, -0.1) is 0 Å². The van der Waals surface area contributed by atoms with Gasteiger partial charge in [0, 0.05) is 24.3 Å². The van der Waals surface area contributed by atoms with Gasteiger partial charge in [0.25, 0.3) is 5.91 Å². The quantitative estimate of drug-likeness (QED) is 0.839. The first-order chi connectivity index (χ1) is 9.49. The summed E-state index contributed by atoms with van der Waals surface area (Å²) in [6.07, 6.45) is 3.46. The van der Waals surface area contributed by atoms with E-state index in [1.54, 1.807) is 0 Å². The van der Waals surface area contributed by atoms with Crippen molar-refractivity contribution in [2.24, 2.45) is 11.8 Å². The zero-order valence-electron chi connectivity index (χ0n) is 12.9. The van der Waals surface area contributed by atoms with Gasteiger partial charge in [0.1, 0.15) is 0 Å². The van der Waals surface area contributed by atoms with Gasteiger partial charge in [0.15, 0.2) is 0 Å². The molecule has 20 heavy (non-hydrogen) atoms. The summed E-state index contributed by atoms with van der Waals surface area (Å²) in [5, 5.41) is 0. The highest BCUT2D eigenvalue weighted by molar-refractivity contribution is 5.95. The number of hydrogen-bond acceptors (Lipinski definition) is 2. The minimum Gasteiger partial charge on any atom is -0.398 e. The summed E-state index contributed by atoms with van der Waals surface area (Å²) in [4.78, 5) is 14.6. The topological polar surface area (TPSA) is 46.3 Å². The Morgan fingerprint density at radius 1 is 1.30 bits per heavy atom. The second-order valence-electron chi connectivity index (χ2n) is 6.30. The molecule has 0 aliphatic carbocycles. The first-order valence-electron chi connectivity index (χ1n) is 7.64. The van der Waals surface area contributed by atoms with E-state index in [4.69, 9.17) is 5.73 Å². The van der Waals surface area contributed by atoms with Crippen LogP contribution in [0, 0.1) is 18.8 Å². The largest absolute Gasteiger partial charge is 0.398 e. The van der Waals surface area contributed by atoms with Crippen LogP contribution in [-0.4, -0.2) is 23.9 Å². The number of rotatable bonds is 2. The number of amides is 1. The number of aryl methyl sites for hydroxylation is 1. The van der Waals surface area contributed by atoms with E-state index in [9.17, 15) is 4.79 Å². The molecular weight excluding hydrogens is 248 g/mol. The molecule has 1 heterocycles. The van der Waals surface area contributed by atoms with Gasteiger partial charge < -0.3 is 10.6 Å². The number of carbonyl (C=O) groups is 1. The summed E-state index contributed by atoms with van der Waals surface area (Å²) in [6, 6.07) is 5.62. The summed E-state index contributed by atoms with van der Waals surface area (Å²) in [7, 11) is 0. The SMILES string of the molecule is Cc1ccc(C(=O)N2CCCC(C(C)C)CC2)cc1N. The molecule has 1 aliphatic rings. The van der Waals surface area contributed by atoms with Crippen LogP contribution >= 0.6 is 0 Å². The Balaban J connectivity index is 2.07. The van der Waals surface area contributed by atoms with Crippen molar-refractivity contribution < 1.29 is 4.79 Å². The van der Waals surface area contributed by atoms with Crippen molar-refractivity contribution in [3.05, 3.63) is 29.3 Å². The smallest absolute Gasteiger partial charge is 0.253 e. The summed E-state index contributed by atoms with van der Waals surface area (Å²) in [5.74, 6) is 1.58. The number of benzene rings is 1. The number of nitrogens with zero attached hydrogens (tertiary/aromatic N) is 1. The van der Waals surface area contributed by atoms with Crippen molar-refractivity contribution >= 4 is 11.6 Å². The number of nitrogens with two attached hydrogens (primary N) is 1. The van der Waals surface area contributed by atoms with Crippen molar-refractivity contribution in [1.29, 1.82) is 0 Å². The highest BCUT2D eigenvalue weighted by atomic mass is 16.2. The van der Waals surface area contributed by atoms with Crippen molar-refractivity contribution in [2.75, 3.05) is 18.8 Å². The van der Waals surface area contributed by atoms with E-state index in [2.05, 4.69) is 13.8 Å². The van der Waals surface area contributed by atoms with Crippen LogP contribution < -0.4 is 5.73 Å². The molecule has 1 atom stereocenters. The third kappa shape index (κ3) is 3.33. The lowest BCUT2D eigenvalue weighted by molar-refractivity contribution is 0.0759. The maximum absolute atomic E-state index is 12.6. The summed E-state index contributed by atoms with van der Waals surface area (Å²) in [6.45, 7) is 8.26. The lowest BCUT2D eigenvalue weighted by Gasteiger charge is -2.22. The molecule has 0 aromatic heterocycles. The van der Waals surface area contributed by atoms with Gasteiger partial charge in [-0.25, -0.2) is 0 Å². The van der Waals surface area contributed by atoms with Gasteiger partial charge in [0.2, 0.25) is 0 Å².